The molecule has 6 heteroatoms. The molecule has 0 saturated heterocycles. The maximum absolute atomic E-state index is 12.4. The quantitative estimate of drug-likeness (QED) is 0.773. The van der Waals surface area contributed by atoms with E-state index in [1.807, 2.05) is 0 Å². The molecule has 3 nitrogen and oxygen atoms in total. The van der Waals surface area contributed by atoms with Gasteiger partial charge in [-0.15, -0.1) is 0 Å². The van der Waals surface area contributed by atoms with Crippen LogP contribution in [0.2, 0.25) is 5.15 Å². The normalized spacial score (nSPS) is 10.2. The highest BCUT2D eigenvalue weighted by Gasteiger charge is 2.16. The van der Waals surface area contributed by atoms with Crippen molar-refractivity contribution < 1.29 is 8.78 Å². The van der Waals surface area contributed by atoms with E-state index in [-0.39, 0.29) is 17.1 Å². The molecule has 1 rings (SSSR count). The van der Waals surface area contributed by atoms with Gasteiger partial charge in [-0.25, -0.2) is 8.78 Å². The summed E-state index contributed by atoms with van der Waals surface area (Å²) in [6.07, 6.45) is -3.20. The highest BCUT2D eigenvalue weighted by atomic mass is 35.5. The van der Waals surface area contributed by atoms with Gasteiger partial charge in [0.05, 0.1) is 18.2 Å². The lowest BCUT2D eigenvalue weighted by molar-refractivity contribution is 0.145. The van der Waals surface area contributed by atoms with Gasteiger partial charge in [-0.1, -0.05) is 11.6 Å². The van der Waals surface area contributed by atoms with Gasteiger partial charge in [0.25, 0.3) is 6.43 Å². The van der Waals surface area contributed by atoms with Gasteiger partial charge in [0.15, 0.2) is 5.43 Å². The van der Waals surface area contributed by atoms with Crippen LogP contribution >= 0.6 is 11.6 Å². The summed E-state index contributed by atoms with van der Waals surface area (Å²) in [6.45, 7) is 0. The van der Waals surface area contributed by atoms with Crippen molar-refractivity contribution in [3.05, 3.63) is 32.7 Å². The van der Waals surface area contributed by atoms with Crippen LogP contribution in [0.4, 0.5) is 8.78 Å². The Morgan fingerprint density at radius 3 is 2.79 bits per heavy atom. The first-order valence-corrected chi connectivity index (χ1v) is 4.00. The largest absolute Gasteiger partial charge is 0.344 e. The Bertz CT molecular complexity index is 436. The fraction of sp³-hybridized carbons (Fsp3) is 0.250. The number of nitriles is 1. The number of aromatic nitrogens is 1. The SMILES string of the molecule is N#CCc1c(C(F)F)[nH]c(Cl)cc1=O. The molecule has 0 aromatic carbocycles. The maximum atomic E-state index is 12.4. The van der Waals surface area contributed by atoms with Crippen molar-refractivity contribution >= 4 is 11.6 Å². The van der Waals surface area contributed by atoms with Crippen LogP contribution in [0.25, 0.3) is 0 Å². The molecular weight excluding hydrogens is 214 g/mol. The monoisotopic (exact) mass is 218 g/mol. The molecule has 1 N–H and O–H groups in total. The zero-order valence-corrected chi connectivity index (χ0v) is 7.61. The van der Waals surface area contributed by atoms with Crippen LogP contribution in [0.3, 0.4) is 0 Å². The van der Waals surface area contributed by atoms with Crippen LogP contribution in [-0.2, 0) is 6.42 Å². The second-order valence-electron chi connectivity index (χ2n) is 2.51. The molecule has 14 heavy (non-hydrogen) atoms. The third-order valence-corrected chi connectivity index (χ3v) is 1.81. The van der Waals surface area contributed by atoms with Gasteiger partial charge in [0.1, 0.15) is 5.15 Å². The Balaban J connectivity index is 3.38. The fourth-order valence-corrected chi connectivity index (χ4v) is 1.22. The average Bonchev–Trinajstić information content (AvgIpc) is 2.09. The summed E-state index contributed by atoms with van der Waals surface area (Å²) in [5.41, 5.74) is -1.46. The summed E-state index contributed by atoms with van der Waals surface area (Å²) in [7, 11) is 0. The maximum Gasteiger partial charge on any atom is 0.278 e. The molecular formula is C8H5ClF2N2O. The highest BCUT2D eigenvalue weighted by Crippen LogP contribution is 2.20. The number of alkyl halides is 2. The van der Waals surface area contributed by atoms with Crippen LogP contribution in [-0.4, -0.2) is 4.98 Å². The molecule has 0 radical (unpaired) electrons. The highest BCUT2D eigenvalue weighted by molar-refractivity contribution is 6.29. The van der Waals surface area contributed by atoms with Gasteiger partial charge in [0, 0.05) is 11.6 Å². The molecule has 0 saturated carbocycles. The number of H-pyrrole nitrogens is 1. The van der Waals surface area contributed by atoms with Crippen molar-refractivity contribution in [1.29, 1.82) is 5.26 Å². The van der Waals surface area contributed by atoms with E-state index in [0.717, 1.165) is 6.07 Å². The molecule has 0 spiro atoms. The summed E-state index contributed by atoms with van der Waals surface area (Å²) in [5, 5.41) is 8.18. The van der Waals surface area contributed by atoms with Crippen LogP contribution in [0, 0.1) is 11.3 Å². The number of pyridine rings is 1. The van der Waals surface area contributed by atoms with E-state index in [2.05, 4.69) is 4.98 Å². The molecule has 0 aliphatic rings. The van der Waals surface area contributed by atoms with Crippen molar-refractivity contribution in [2.75, 3.05) is 0 Å². The summed E-state index contributed by atoms with van der Waals surface area (Å²) in [5.74, 6) is 0. The zero-order valence-electron chi connectivity index (χ0n) is 6.85. The molecule has 0 amide bonds. The molecule has 0 atom stereocenters. The van der Waals surface area contributed by atoms with Gasteiger partial charge in [-0.2, -0.15) is 5.26 Å². The average molecular weight is 219 g/mol. The zero-order chi connectivity index (χ0) is 10.7. The van der Waals surface area contributed by atoms with Gasteiger partial charge >= 0.3 is 0 Å². The van der Waals surface area contributed by atoms with Crippen molar-refractivity contribution in [3.8, 4) is 6.07 Å². The van der Waals surface area contributed by atoms with Gasteiger partial charge in [-0.05, 0) is 0 Å². The smallest absolute Gasteiger partial charge is 0.278 e. The second kappa shape index (κ2) is 4.20. The lowest BCUT2D eigenvalue weighted by Gasteiger charge is -2.05. The Kier molecular flexibility index (Phi) is 3.20. The lowest BCUT2D eigenvalue weighted by atomic mass is 10.1. The molecule has 0 fully saturated rings. The summed E-state index contributed by atoms with van der Waals surface area (Å²) in [6, 6.07) is 2.62. The third kappa shape index (κ3) is 2.09. The number of halogens is 3. The second-order valence-corrected chi connectivity index (χ2v) is 2.92. The number of rotatable bonds is 2. The number of nitrogens with one attached hydrogen (secondary N) is 1. The standard InChI is InChI=1S/C8H5ClF2N2O/c9-6-3-5(14)4(1-2-12)7(13-6)8(10)11/h3,8H,1H2,(H,13,14). The van der Waals surface area contributed by atoms with Crippen LogP contribution in [0.5, 0.6) is 0 Å². The van der Waals surface area contributed by atoms with E-state index >= 15 is 0 Å². The Labute approximate surface area is 82.9 Å². The summed E-state index contributed by atoms with van der Waals surface area (Å²) in [4.78, 5) is 13.3. The molecule has 1 aromatic rings. The van der Waals surface area contributed by atoms with Gasteiger partial charge in [0.2, 0.25) is 0 Å². The molecule has 0 aliphatic carbocycles. The van der Waals surface area contributed by atoms with Crippen LogP contribution in [0.15, 0.2) is 10.9 Å². The molecule has 0 bridgehead atoms. The molecule has 1 heterocycles. The van der Waals surface area contributed by atoms with E-state index in [4.69, 9.17) is 16.9 Å². The third-order valence-electron chi connectivity index (χ3n) is 1.61. The van der Waals surface area contributed by atoms with Crippen molar-refractivity contribution in [2.24, 2.45) is 0 Å². The number of nitrogens with zero attached hydrogens (tertiary/aromatic N) is 1. The van der Waals surface area contributed by atoms with E-state index in [1.165, 1.54) is 0 Å². The van der Waals surface area contributed by atoms with Crippen molar-refractivity contribution in [1.82, 2.24) is 4.98 Å². The number of hydrogen-bond donors (Lipinski definition) is 1. The lowest BCUT2D eigenvalue weighted by Crippen LogP contribution is -2.13. The molecule has 1 aromatic heterocycles. The van der Waals surface area contributed by atoms with E-state index in [0.29, 0.717) is 0 Å². The minimum Gasteiger partial charge on any atom is -0.344 e. The Hall–Kier alpha value is -1.41. The topological polar surface area (TPSA) is 56.6 Å². The molecule has 0 unspecified atom stereocenters. The minimum atomic E-state index is -2.84. The Morgan fingerprint density at radius 1 is 1.64 bits per heavy atom. The van der Waals surface area contributed by atoms with Gasteiger partial charge < -0.3 is 4.98 Å². The number of aromatic amines is 1. The van der Waals surface area contributed by atoms with Gasteiger partial charge in [-0.3, -0.25) is 4.79 Å². The van der Waals surface area contributed by atoms with Crippen LogP contribution in [0.1, 0.15) is 17.7 Å². The molecule has 74 valence electrons. The van der Waals surface area contributed by atoms with E-state index in [9.17, 15) is 13.6 Å². The first-order valence-electron chi connectivity index (χ1n) is 3.63. The predicted molar refractivity (Wildman–Crippen MR) is 46.3 cm³/mol. The van der Waals surface area contributed by atoms with E-state index in [1.54, 1.807) is 6.07 Å². The first kappa shape index (κ1) is 10.7. The predicted octanol–water partition coefficient (Wildman–Crippen LogP) is 2.03. The molecule has 0 aliphatic heterocycles. The van der Waals surface area contributed by atoms with Crippen LogP contribution < -0.4 is 5.43 Å². The minimum absolute atomic E-state index is 0.160. The van der Waals surface area contributed by atoms with E-state index < -0.39 is 17.5 Å². The first-order chi connectivity index (χ1) is 6.56. The van der Waals surface area contributed by atoms with Crippen molar-refractivity contribution in [3.63, 3.8) is 0 Å². The number of hydrogen-bond acceptors (Lipinski definition) is 2. The fourth-order valence-electron chi connectivity index (χ4n) is 1.02. The summed E-state index contributed by atoms with van der Waals surface area (Å²) < 4.78 is 24.7. The Morgan fingerprint density at radius 2 is 2.29 bits per heavy atom. The summed E-state index contributed by atoms with van der Waals surface area (Å²) >= 11 is 5.39. The van der Waals surface area contributed by atoms with Crippen molar-refractivity contribution in [2.45, 2.75) is 12.8 Å².